The van der Waals surface area contributed by atoms with Gasteiger partial charge in [0.1, 0.15) is 11.6 Å². The highest BCUT2D eigenvalue weighted by Crippen LogP contribution is 2.45. The Morgan fingerprint density at radius 3 is 2.56 bits per heavy atom. The lowest BCUT2D eigenvalue weighted by molar-refractivity contribution is -0.163. The van der Waals surface area contributed by atoms with Crippen molar-refractivity contribution in [1.82, 2.24) is 4.90 Å². The van der Waals surface area contributed by atoms with Gasteiger partial charge in [0.25, 0.3) is 0 Å². The molecule has 2 aliphatic rings. The molecular weight excluding hydrogens is 238 g/mol. The topological polar surface area (TPSA) is 76.1 Å². The van der Waals surface area contributed by atoms with Crippen molar-refractivity contribution in [2.75, 3.05) is 19.8 Å². The van der Waals surface area contributed by atoms with Crippen molar-refractivity contribution in [3.8, 4) is 0 Å². The average molecular weight is 257 g/mol. The van der Waals surface area contributed by atoms with E-state index in [9.17, 15) is 14.7 Å². The monoisotopic (exact) mass is 257 g/mol. The predicted molar refractivity (Wildman–Crippen MR) is 62.2 cm³/mol. The van der Waals surface area contributed by atoms with Crippen LogP contribution in [0.4, 0.5) is 4.79 Å². The van der Waals surface area contributed by atoms with Gasteiger partial charge in [0.05, 0.1) is 6.61 Å². The molecule has 2 unspecified atom stereocenters. The predicted octanol–water partition coefficient (Wildman–Crippen LogP) is 1.10. The van der Waals surface area contributed by atoms with Crippen LogP contribution in [-0.4, -0.2) is 53.5 Å². The second-order valence-electron chi connectivity index (χ2n) is 6.01. The molecule has 0 aliphatic carbocycles. The van der Waals surface area contributed by atoms with E-state index in [1.54, 1.807) is 20.8 Å². The molecule has 0 aromatic rings. The Balaban J connectivity index is 2.07. The van der Waals surface area contributed by atoms with Gasteiger partial charge in [0.2, 0.25) is 0 Å². The fourth-order valence-electron chi connectivity index (χ4n) is 2.58. The molecule has 102 valence electrons. The molecule has 2 heterocycles. The zero-order valence-electron chi connectivity index (χ0n) is 10.9. The number of ether oxygens (including phenoxy) is 2. The van der Waals surface area contributed by atoms with Gasteiger partial charge in [-0.25, -0.2) is 9.59 Å². The molecule has 18 heavy (non-hydrogen) atoms. The van der Waals surface area contributed by atoms with Crippen LogP contribution in [0.25, 0.3) is 0 Å². The zero-order valence-corrected chi connectivity index (χ0v) is 10.9. The van der Waals surface area contributed by atoms with Gasteiger partial charge in [-0.05, 0) is 27.2 Å². The van der Waals surface area contributed by atoms with Crippen LogP contribution >= 0.6 is 0 Å². The number of carbonyl (C=O) groups is 2. The minimum atomic E-state index is -0.988. The van der Waals surface area contributed by atoms with Gasteiger partial charge in [-0.15, -0.1) is 0 Å². The van der Waals surface area contributed by atoms with E-state index in [0.717, 1.165) is 0 Å². The third kappa shape index (κ3) is 2.16. The molecule has 6 heteroatoms. The lowest BCUT2D eigenvalue weighted by Gasteiger charge is -2.52. The number of carboxylic acid groups (broad SMARTS) is 1. The Kier molecular flexibility index (Phi) is 3.01. The van der Waals surface area contributed by atoms with Gasteiger partial charge < -0.3 is 14.6 Å². The molecule has 0 aromatic carbocycles. The standard InChI is InChI=1S/C12H19NO5/c1-11(2,3)18-10(16)13-6-12(4-5-17-7-12)8(13)9(14)15/h8H,4-7H2,1-3H3,(H,14,15). The zero-order chi connectivity index (χ0) is 13.6. The normalized spacial score (nSPS) is 31.3. The first-order chi connectivity index (χ1) is 8.25. The molecule has 0 radical (unpaired) electrons. The molecule has 0 saturated carbocycles. The van der Waals surface area contributed by atoms with Crippen molar-refractivity contribution in [3.05, 3.63) is 0 Å². The Bertz CT molecular complexity index is 367. The maximum atomic E-state index is 11.9. The Labute approximate surface area is 106 Å². The molecule has 0 aromatic heterocycles. The Hall–Kier alpha value is -1.30. The van der Waals surface area contributed by atoms with Crippen molar-refractivity contribution in [2.24, 2.45) is 5.41 Å². The van der Waals surface area contributed by atoms with Crippen molar-refractivity contribution < 1.29 is 24.2 Å². The van der Waals surface area contributed by atoms with E-state index in [-0.39, 0.29) is 0 Å². The number of nitrogens with zero attached hydrogens (tertiary/aromatic N) is 1. The largest absolute Gasteiger partial charge is 0.480 e. The van der Waals surface area contributed by atoms with E-state index in [4.69, 9.17) is 9.47 Å². The number of aliphatic carboxylic acids is 1. The molecule has 0 bridgehead atoms. The molecule has 2 aliphatic heterocycles. The van der Waals surface area contributed by atoms with Crippen LogP contribution < -0.4 is 0 Å². The summed E-state index contributed by atoms with van der Waals surface area (Å²) in [5.41, 5.74) is -1.03. The fourth-order valence-corrected chi connectivity index (χ4v) is 2.58. The van der Waals surface area contributed by atoms with Gasteiger partial charge in [-0.3, -0.25) is 4.90 Å². The number of rotatable bonds is 1. The van der Waals surface area contributed by atoms with Crippen LogP contribution in [0, 0.1) is 5.41 Å². The van der Waals surface area contributed by atoms with E-state index >= 15 is 0 Å². The summed E-state index contributed by atoms with van der Waals surface area (Å²) < 4.78 is 10.5. The third-order valence-electron chi connectivity index (χ3n) is 3.37. The Morgan fingerprint density at radius 1 is 1.44 bits per heavy atom. The Morgan fingerprint density at radius 2 is 2.11 bits per heavy atom. The number of hydrogen-bond donors (Lipinski definition) is 1. The number of likely N-dealkylation sites (tertiary alicyclic amines) is 1. The van der Waals surface area contributed by atoms with Crippen LogP contribution in [0.15, 0.2) is 0 Å². The van der Waals surface area contributed by atoms with Crippen LogP contribution in [0.1, 0.15) is 27.2 Å². The molecule has 2 fully saturated rings. The molecular formula is C12H19NO5. The molecule has 1 spiro atoms. The van der Waals surface area contributed by atoms with Gasteiger partial charge >= 0.3 is 12.1 Å². The minimum Gasteiger partial charge on any atom is -0.480 e. The maximum absolute atomic E-state index is 11.9. The summed E-state index contributed by atoms with van der Waals surface area (Å²) in [4.78, 5) is 24.5. The second-order valence-corrected chi connectivity index (χ2v) is 6.01. The van der Waals surface area contributed by atoms with Crippen molar-refractivity contribution in [1.29, 1.82) is 0 Å². The summed E-state index contributed by atoms with van der Waals surface area (Å²) in [7, 11) is 0. The van der Waals surface area contributed by atoms with E-state index in [1.807, 2.05) is 0 Å². The summed E-state index contributed by atoms with van der Waals surface area (Å²) in [6.45, 7) is 6.65. The molecule has 2 saturated heterocycles. The van der Waals surface area contributed by atoms with Crippen LogP contribution in [-0.2, 0) is 14.3 Å². The number of carbonyl (C=O) groups excluding carboxylic acids is 1. The van der Waals surface area contributed by atoms with Crippen LogP contribution in [0.3, 0.4) is 0 Å². The summed E-state index contributed by atoms with van der Waals surface area (Å²) >= 11 is 0. The summed E-state index contributed by atoms with van der Waals surface area (Å²) in [6.07, 6.45) is 0.121. The number of hydrogen-bond acceptors (Lipinski definition) is 4. The first-order valence-corrected chi connectivity index (χ1v) is 6.05. The highest BCUT2D eigenvalue weighted by molar-refractivity contribution is 5.83. The van der Waals surface area contributed by atoms with E-state index in [0.29, 0.717) is 26.2 Å². The molecule has 2 atom stereocenters. The number of amides is 1. The molecule has 1 amide bonds. The van der Waals surface area contributed by atoms with Gasteiger partial charge in [-0.2, -0.15) is 0 Å². The summed E-state index contributed by atoms with van der Waals surface area (Å²) in [5, 5.41) is 9.27. The molecule has 6 nitrogen and oxygen atoms in total. The van der Waals surface area contributed by atoms with Crippen molar-refractivity contribution >= 4 is 12.1 Å². The van der Waals surface area contributed by atoms with Crippen LogP contribution in [0.2, 0.25) is 0 Å². The van der Waals surface area contributed by atoms with Gasteiger partial charge in [0, 0.05) is 18.6 Å². The van der Waals surface area contributed by atoms with E-state index in [2.05, 4.69) is 0 Å². The first kappa shape index (κ1) is 13.1. The quantitative estimate of drug-likeness (QED) is 0.761. The summed E-state index contributed by atoms with van der Waals surface area (Å²) in [6, 6.07) is -0.824. The van der Waals surface area contributed by atoms with Crippen LogP contribution in [0.5, 0.6) is 0 Å². The first-order valence-electron chi connectivity index (χ1n) is 6.05. The van der Waals surface area contributed by atoms with Gasteiger partial charge in [0.15, 0.2) is 0 Å². The van der Waals surface area contributed by atoms with Crippen molar-refractivity contribution in [2.45, 2.75) is 38.8 Å². The van der Waals surface area contributed by atoms with Crippen molar-refractivity contribution in [3.63, 3.8) is 0 Å². The maximum Gasteiger partial charge on any atom is 0.411 e. The van der Waals surface area contributed by atoms with E-state index in [1.165, 1.54) is 4.90 Å². The second kappa shape index (κ2) is 4.12. The molecule has 1 N–H and O–H groups in total. The highest BCUT2D eigenvalue weighted by Gasteiger charge is 2.60. The fraction of sp³-hybridized carbons (Fsp3) is 0.833. The van der Waals surface area contributed by atoms with E-state index < -0.39 is 29.1 Å². The SMILES string of the molecule is CC(C)(C)OC(=O)N1CC2(CCOC2)C1C(=O)O. The molecule has 2 rings (SSSR count). The third-order valence-corrected chi connectivity index (χ3v) is 3.37. The lowest BCUT2D eigenvalue weighted by Crippen LogP contribution is -2.70. The minimum absolute atomic E-state index is 0.402. The number of carboxylic acids is 1. The van der Waals surface area contributed by atoms with Gasteiger partial charge in [-0.1, -0.05) is 0 Å². The smallest absolute Gasteiger partial charge is 0.411 e. The highest BCUT2D eigenvalue weighted by atomic mass is 16.6. The summed E-state index contributed by atoms with van der Waals surface area (Å²) in [5.74, 6) is -0.988. The average Bonchev–Trinajstić information content (AvgIpc) is 2.60. The lowest BCUT2D eigenvalue weighted by atomic mass is 9.71.